The van der Waals surface area contributed by atoms with E-state index in [1.807, 2.05) is 42.5 Å². The van der Waals surface area contributed by atoms with E-state index in [0.717, 1.165) is 11.3 Å². The van der Waals surface area contributed by atoms with Crippen molar-refractivity contribution in [3.8, 4) is 11.5 Å². The lowest BCUT2D eigenvalue weighted by Crippen LogP contribution is -2.30. The van der Waals surface area contributed by atoms with Crippen molar-refractivity contribution < 1.29 is 23.8 Å². The molecule has 168 valence electrons. The van der Waals surface area contributed by atoms with E-state index in [1.54, 1.807) is 38.2 Å². The Hall–Kier alpha value is -3.26. The number of carbonyl (C=O) groups is 2. The third-order valence-electron chi connectivity index (χ3n) is 4.62. The van der Waals surface area contributed by atoms with Crippen LogP contribution in [0.1, 0.15) is 25.3 Å². The molecule has 32 heavy (non-hydrogen) atoms. The number of benzene rings is 2. The van der Waals surface area contributed by atoms with Gasteiger partial charge in [0, 0.05) is 18.2 Å². The van der Waals surface area contributed by atoms with Gasteiger partial charge in [0.1, 0.15) is 17.2 Å². The Labute approximate surface area is 192 Å². The molecule has 0 aromatic heterocycles. The van der Waals surface area contributed by atoms with Gasteiger partial charge in [-0.1, -0.05) is 30.0 Å². The average Bonchev–Trinajstić information content (AvgIpc) is 3.12. The first kappa shape index (κ1) is 23.4. The molecule has 0 N–H and O–H groups in total. The van der Waals surface area contributed by atoms with Crippen LogP contribution in [-0.4, -0.2) is 43.6 Å². The predicted molar refractivity (Wildman–Crippen MR) is 127 cm³/mol. The number of methoxy groups -OCH3 is 2. The van der Waals surface area contributed by atoms with E-state index in [2.05, 4.69) is 4.99 Å². The minimum absolute atomic E-state index is 0.220. The van der Waals surface area contributed by atoms with Crippen molar-refractivity contribution in [1.29, 1.82) is 0 Å². The van der Waals surface area contributed by atoms with Gasteiger partial charge in [0.2, 0.25) is 0 Å². The molecule has 0 fully saturated rings. The summed E-state index contributed by atoms with van der Waals surface area (Å²) >= 11 is 1.43. The van der Waals surface area contributed by atoms with Crippen LogP contribution >= 0.6 is 11.8 Å². The molecular formula is C24H26N2O5S. The van der Waals surface area contributed by atoms with Crippen molar-refractivity contribution in [2.45, 2.75) is 19.8 Å². The maximum atomic E-state index is 13.3. The molecule has 0 aliphatic carbocycles. The smallest absolute Gasteiger partial charge is 0.305 e. The fourth-order valence-corrected chi connectivity index (χ4v) is 3.99. The Kier molecular flexibility index (Phi) is 8.33. The lowest BCUT2D eigenvalue weighted by molar-refractivity contribution is -0.143. The summed E-state index contributed by atoms with van der Waals surface area (Å²) in [6.07, 6.45) is 2.71. The van der Waals surface area contributed by atoms with Crippen LogP contribution in [0.25, 0.3) is 6.08 Å². The first-order valence-corrected chi connectivity index (χ1v) is 11.3. The largest absolute Gasteiger partial charge is 0.497 e. The second-order valence-electron chi connectivity index (χ2n) is 6.80. The van der Waals surface area contributed by atoms with Crippen LogP contribution in [0.4, 0.5) is 5.69 Å². The summed E-state index contributed by atoms with van der Waals surface area (Å²) in [7, 11) is 3.19. The minimum atomic E-state index is -0.220. The predicted octanol–water partition coefficient (Wildman–Crippen LogP) is 4.52. The zero-order valence-corrected chi connectivity index (χ0v) is 19.2. The maximum Gasteiger partial charge on any atom is 0.305 e. The maximum absolute atomic E-state index is 13.3. The zero-order valence-electron chi connectivity index (χ0n) is 18.4. The number of esters is 1. The van der Waals surface area contributed by atoms with E-state index in [4.69, 9.17) is 14.2 Å². The number of hydrogen-bond donors (Lipinski definition) is 0. The number of nitrogens with zero attached hydrogens (tertiary/aromatic N) is 2. The molecule has 1 aliphatic rings. The topological polar surface area (TPSA) is 77.4 Å². The molecule has 0 saturated heterocycles. The van der Waals surface area contributed by atoms with Crippen LogP contribution in [-0.2, 0) is 14.3 Å². The second-order valence-corrected chi connectivity index (χ2v) is 7.86. The normalized spacial score (nSPS) is 14.5. The summed E-state index contributed by atoms with van der Waals surface area (Å²) in [6.45, 7) is 2.16. The number of thioether (sulfide) groups is 1. The molecule has 0 unspecified atom stereocenters. The number of hydrogen-bond acceptors (Lipinski definition) is 7. The summed E-state index contributed by atoms with van der Waals surface area (Å²) in [4.78, 5) is 31.0. The van der Waals surface area contributed by atoms with Gasteiger partial charge in [0.15, 0.2) is 5.17 Å². The Bertz CT molecular complexity index is 1020. The van der Waals surface area contributed by atoms with E-state index in [1.165, 1.54) is 11.8 Å². The van der Waals surface area contributed by atoms with E-state index in [-0.39, 0.29) is 11.9 Å². The van der Waals surface area contributed by atoms with Crippen LogP contribution in [0.15, 0.2) is 59.2 Å². The van der Waals surface area contributed by atoms with Crippen molar-refractivity contribution >= 4 is 40.6 Å². The standard InChI is InChI=1S/C24H26N2O5S/c1-4-31-22(27)9-6-14-32-24-25-21(15-17-10-12-19(29-2)13-11-17)23(28)26(24)18-7-5-8-20(16-18)30-3/h5,7-8,10-13,15-16H,4,6,9,14H2,1-3H3/b21-15+. The van der Waals surface area contributed by atoms with E-state index in [0.29, 0.717) is 47.5 Å². The van der Waals surface area contributed by atoms with Crippen LogP contribution in [0.5, 0.6) is 11.5 Å². The van der Waals surface area contributed by atoms with Gasteiger partial charge >= 0.3 is 5.97 Å². The highest BCUT2D eigenvalue weighted by molar-refractivity contribution is 8.14. The van der Waals surface area contributed by atoms with E-state index >= 15 is 0 Å². The van der Waals surface area contributed by atoms with Gasteiger partial charge in [-0.3, -0.25) is 14.5 Å². The van der Waals surface area contributed by atoms with Crippen LogP contribution in [0.3, 0.4) is 0 Å². The molecule has 1 amide bonds. The third-order valence-corrected chi connectivity index (χ3v) is 5.65. The minimum Gasteiger partial charge on any atom is -0.497 e. The molecule has 0 bridgehead atoms. The molecule has 0 radical (unpaired) electrons. The lowest BCUT2D eigenvalue weighted by Gasteiger charge is -2.18. The number of amides is 1. The monoisotopic (exact) mass is 454 g/mol. The summed E-state index contributed by atoms with van der Waals surface area (Å²) in [5, 5.41) is 0.562. The van der Waals surface area contributed by atoms with Gasteiger partial charge in [-0.25, -0.2) is 4.99 Å². The molecule has 3 rings (SSSR count). The molecule has 0 saturated carbocycles. The summed E-state index contributed by atoms with van der Waals surface area (Å²) in [6, 6.07) is 14.7. The average molecular weight is 455 g/mol. The zero-order chi connectivity index (χ0) is 22.9. The number of amidine groups is 1. The van der Waals surface area contributed by atoms with E-state index < -0.39 is 0 Å². The first-order valence-electron chi connectivity index (χ1n) is 10.3. The highest BCUT2D eigenvalue weighted by atomic mass is 32.2. The number of anilines is 1. The fourth-order valence-electron chi connectivity index (χ4n) is 3.04. The lowest BCUT2D eigenvalue weighted by atomic mass is 10.2. The number of ether oxygens (including phenoxy) is 3. The van der Waals surface area contributed by atoms with Crippen molar-refractivity contribution in [3.05, 3.63) is 59.8 Å². The Morgan fingerprint density at radius 2 is 1.84 bits per heavy atom. The van der Waals surface area contributed by atoms with Gasteiger partial charge in [0.25, 0.3) is 5.91 Å². The number of rotatable bonds is 9. The Balaban J connectivity index is 1.82. The van der Waals surface area contributed by atoms with Crippen LogP contribution in [0, 0.1) is 0 Å². The molecule has 8 heteroatoms. The molecule has 2 aromatic rings. The molecule has 1 heterocycles. The molecule has 7 nitrogen and oxygen atoms in total. The van der Waals surface area contributed by atoms with E-state index in [9.17, 15) is 9.59 Å². The second kappa shape index (κ2) is 11.4. The summed E-state index contributed by atoms with van der Waals surface area (Å²) in [5.74, 6) is 1.57. The van der Waals surface area contributed by atoms with Gasteiger partial charge < -0.3 is 14.2 Å². The Morgan fingerprint density at radius 1 is 1.09 bits per heavy atom. The van der Waals surface area contributed by atoms with Crippen molar-refractivity contribution in [1.82, 2.24) is 0 Å². The molecule has 2 aromatic carbocycles. The van der Waals surface area contributed by atoms with Crippen LogP contribution < -0.4 is 14.4 Å². The number of aliphatic imine (C=N–C) groups is 1. The number of carbonyl (C=O) groups excluding carboxylic acids is 2. The summed E-state index contributed by atoms with van der Waals surface area (Å²) < 4.78 is 15.5. The van der Waals surface area contributed by atoms with Gasteiger partial charge in [0.05, 0.1) is 26.5 Å². The molecular weight excluding hydrogens is 428 g/mol. The van der Waals surface area contributed by atoms with Crippen molar-refractivity contribution in [2.24, 2.45) is 4.99 Å². The Morgan fingerprint density at radius 3 is 2.53 bits per heavy atom. The summed E-state index contributed by atoms with van der Waals surface area (Å²) in [5.41, 5.74) is 1.85. The van der Waals surface area contributed by atoms with Crippen molar-refractivity contribution in [3.63, 3.8) is 0 Å². The SMILES string of the molecule is CCOC(=O)CCCSC1=N/C(=C/c2ccc(OC)cc2)C(=O)N1c1cccc(OC)c1. The van der Waals surface area contributed by atoms with Gasteiger partial charge in [-0.15, -0.1) is 0 Å². The van der Waals surface area contributed by atoms with Gasteiger partial charge in [-0.2, -0.15) is 0 Å². The van der Waals surface area contributed by atoms with Gasteiger partial charge in [-0.05, 0) is 49.2 Å². The van der Waals surface area contributed by atoms with Crippen LogP contribution in [0.2, 0.25) is 0 Å². The highest BCUT2D eigenvalue weighted by Crippen LogP contribution is 2.31. The van der Waals surface area contributed by atoms with Crippen molar-refractivity contribution in [2.75, 3.05) is 31.5 Å². The first-order chi connectivity index (χ1) is 15.5. The molecule has 1 aliphatic heterocycles. The third kappa shape index (κ3) is 5.91. The molecule has 0 atom stereocenters. The highest BCUT2D eigenvalue weighted by Gasteiger charge is 2.32. The quantitative estimate of drug-likeness (QED) is 0.315. The fraction of sp³-hybridized carbons (Fsp3) is 0.292. The molecule has 0 spiro atoms.